The molecular weight excluding hydrogens is 317 g/mol. The van der Waals surface area contributed by atoms with E-state index in [0.29, 0.717) is 23.9 Å². The molecule has 1 N–H and O–H groups in total. The molecule has 4 nitrogen and oxygen atoms in total. The van der Waals surface area contributed by atoms with Crippen LogP contribution < -0.4 is 5.32 Å². The Bertz CT molecular complexity index is 829. The number of carbonyl (C=O) groups excluding carboxylic acids is 1. The quantitative estimate of drug-likeness (QED) is 0.553. The maximum atomic E-state index is 13.0. The molecule has 0 spiro atoms. The molecule has 2 aromatic carbocycles. The van der Waals surface area contributed by atoms with E-state index in [0.717, 1.165) is 11.0 Å². The number of benzene rings is 2. The number of hydrogen-bond acceptors (Lipinski definition) is 3. The second-order valence-electron chi connectivity index (χ2n) is 5.06. The van der Waals surface area contributed by atoms with Crippen LogP contribution in [0.25, 0.3) is 11.0 Å². The number of hydrogen-bond donors (Lipinski definition) is 1. The minimum absolute atomic E-state index is 0.109. The van der Waals surface area contributed by atoms with Crippen molar-refractivity contribution < 1.29 is 9.18 Å². The molecule has 1 aromatic heterocycles. The van der Waals surface area contributed by atoms with E-state index in [2.05, 4.69) is 10.3 Å². The molecule has 0 unspecified atom stereocenters. The lowest BCUT2D eigenvalue weighted by atomic mass is 10.1. The SMILES string of the molecule is O=C(Cn1c(NCCCl)nc2ccccc21)c1ccc(F)cc1. The van der Waals surface area contributed by atoms with E-state index in [1.807, 2.05) is 28.8 Å². The van der Waals surface area contributed by atoms with Crippen LogP contribution in [0.5, 0.6) is 0 Å². The third-order valence-electron chi connectivity index (χ3n) is 3.50. The molecule has 0 atom stereocenters. The van der Waals surface area contributed by atoms with Gasteiger partial charge >= 0.3 is 0 Å². The molecule has 6 heteroatoms. The number of halogens is 2. The first-order chi connectivity index (χ1) is 11.2. The lowest BCUT2D eigenvalue weighted by Gasteiger charge is -2.09. The smallest absolute Gasteiger partial charge is 0.204 e. The van der Waals surface area contributed by atoms with Crippen molar-refractivity contribution in [1.82, 2.24) is 9.55 Å². The highest BCUT2D eigenvalue weighted by Crippen LogP contribution is 2.20. The molecule has 0 amide bonds. The summed E-state index contributed by atoms with van der Waals surface area (Å²) in [6.07, 6.45) is 0. The molecule has 23 heavy (non-hydrogen) atoms. The fraction of sp³-hybridized carbons (Fsp3) is 0.176. The predicted molar refractivity (Wildman–Crippen MR) is 89.7 cm³/mol. The van der Waals surface area contributed by atoms with Crippen molar-refractivity contribution >= 4 is 34.4 Å². The largest absolute Gasteiger partial charge is 0.354 e. The number of aromatic nitrogens is 2. The third kappa shape index (κ3) is 3.35. The highest BCUT2D eigenvalue weighted by atomic mass is 35.5. The van der Waals surface area contributed by atoms with Crippen LogP contribution in [0.1, 0.15) is 10.4 Å². The Morgan fingerprint density at radius 2 is 1.91 bits per heavy atom. The molecule has 0 fully saturated rings. The molecule has 0 saturated carbocycles. The van der Waals surface area contributed by atoms with Crippen LogP contribution in [0, 0.1) is 5.82 Å². The Kier molecular flexibility index (Phi) is 4.57. The van der Waals surface area contributed by atoms with E-state index in [1.54, 1.807) is 0 Å². The van der Waals surface area contributed by atoms with Crippen LogP contribution in [0.4, 0.5) is 10.3 Å². The van der Waals surface area contributed by atoms with Gasteiger partial charge in [-0.2, -0.15) is 0 Å². The van der Waals surface area contributed by atoms with E-state index in [1.165, 1.54) is 24.3 Å². The van der Waals surface area contributed by atoms with Crippen molar-refractivity contribution in [2.24, 2.45) is 0 Å². The maximum Gasteiger partial charge on any atom is 0.204 e. The van der Waals surface area contributed by atoms with Gasteiger partial charge in [-0.15, -0.1) is 11.6 Å². The summed E-state index contributed by atoms with van der Waals surface area (Å²) in [4.78, 5) is 17.0. The summed E-state index contributed by atoms with van der Waals surface area (Å²) in [6, 6.07) is 13.1. The number of para-hydroxylation sites is 2. The molecule has 0 bridgehead atoms. The van der Waals surface area contributed by atoms with Crippen molar-refractivity contribution in [3.63, 3.8) is 0 Å². The van der Waals surface area contributed by atoms with Crippen LogP contribution in [0.2, 0.25) is 0 Å². The summed E-state index contributed by atoms with van der Waals surface area (Å²) in [5.41, 5.74) is 2.13. The first-order valence-electron chi connectivity index (χ1n) is 7.23. The zero-order valence-electron chi connectivity index (χ0n) is 12.3. The normalized spacial score (nSPS) is 10.9. The number of Topliss-reactive ketones (excluding diaryl/α,β-unsaturated/α-hetero) is 1. The van der Waals surface area contributed by atoms with Crippen LogP contribution in [0.15, 0.2) is 48.5 Å². The number of fused-ring (bicyclic) bond motifs is 1. The Hall–Kier alpha value is -2.40. The average molecular weight is 332 g/mol. The molecule has 0 saturated heterocycles. The molecule has 0 aliphatic heterocycles. The third-order valence-corrected chi connectivity index (χ3v) is 3.69. The van der Waals surface area contributed by atoms with Crippen LogP contribution in [-0.4, -0.2) is 27.8 Å². The van der Waals surface area contributed by atoms with Gasteiger partial charge in [0, 0.05) is 18.0 Å². The van der Waals surface area contributed by atoms with Crippen LogP contribution in [-0.2, 0) is 6.54 Å². The van der Waals surface area contributed by atoms with E-state index >= 15 is 0 Å². The van der Waals surface area contributed by atoms with Gasteiger partial charge in [0.15, 0.2) is 5.78 Å². The second-order valence-corrected chi connectivity index (χ2v) is 5.43. The van der Waals surface area contributed by atoms with Gasteiger partial charge in [-0.1, -0.05) is 12.1 Å². The van der Waals surface area contributed by atoms with Crippen molar-refractivity contribution in [2.75, 3.05) is 17.7 Å². The molecule has 0 aliphatic carbocycles. The minimum Gasteiger partial charge on any atom is -0.354 e. The summed E-state index contributed by atoms with van der Waals surface area (Å²) in [5.74, 6) is 0.568. The van der Waals surface area contributed by atoms with Crippen molar-refractivity contribution in [3.05, 3.63) is 59.9 Å². The van der Waals surface area contributed by atoms with E-state index in [9.17, 15) is 9.18 Å². The molecule has 118 valence electrons. The van der Waals surface area contributed by atoms with Crippen molar-refractivity contribution in [1.29, 1.82) is 0 Å². The number of nitrogens with zero attached hydrogens (tertiary/aromatic N) is 2. The van der Waals surface area contributed by atoms with Gasteiger partial charge in [0.1, 0.15) is 5.82 Å². The first kappa shape index (κ1) is 15.5. The summed E-state index contributed by atoms with van der Waals surface area (Å²) in [6.45, 7) is 0.673. The number of alkyl halides is 1. The van der Waals surface area contributed by atoms with Gasteiger partial charge < -0.3 is 9.88 Å². The highest BCUT2D eigenvalue weighted by molar-refractivity contribution is 6.18. The van der Waals surface area contributed by atoms with Gasteiger partial charge in [-0.3, -0.25) is 4.79 Å². The average Bonchev–Trinajstić information content (AvgIpc) is 2.91. The number of rotatable bonds is 6. The van der Waals surface area contributed by atoms with Crippen molar-refractivity contribution in [3.8, 4) is 0 Å². The van der Waals surface area contributed by atoms with Gasteiger partial charge in [-0.25, -0.2) is 9.37 Å². The molecule has 1 heterocycles. The van der Waals surface area contributed by atoms with Gasteiger partial charge in [0.25, 0.3) is 0 Å². The predicted octanol–water partition coefficient (Wildman–Crippen LogP) is 3.71. The molecule has 0 radical (unpaired) electrons. The number of anilines is 1. The minimum atomic E-state index is -0.362. The summed E-state index contributed by atoms with van der Waals surface area (Å²) in [7, 11) is 0. The maximum absolute atomic E-state index is 13.0. The fourth-order valence-corrected chi connectivity index (χ4v) is 2.49. The van der Waals surface area contributed by atoms with Crippen LogP contribution in [0.3, 0.4) is 0 Å². The molecule has 3 rings (SSSR count). The standard InChI is InChI=1S/C17H15ClFN3O/c18-9-10-20-17-21-14-3-1-2-4-15(14)22(17)11-16(23)12-5-7-13(19)8-6-12/h1-8H,9-11H2,(H,20,21). The zero-order chi connectivity index (χ0) is 16.2. The Morgan fingerprint density at radius 1 is 1.17 bits per heavy atom. The molecule has 3 aromatic rings. The fourth-order valence-electron chi connectivity index (χ4n) is 2.40. The Balaban J connectivity index is 1.94. The van der Waals surface area contributed by atoms with Gasteiger partial charge in [0.05, 0.1) is 17.6 Å². The highest BCUT2D eigenvalue weighted by Gasteiger charge is 2.14. The molecule has 0 aliphatic rings. The lowest BCUT2D eigenvalue weighted by molar-refractivity contribution is 0.0974. The first-order valence-corrected chi connectivity index (χ1v) is 7.76. The van der Waals surface area contributed by atoms with Gasteiger partial charge in [0.2, 0.25) is 5.95 Å². The Morgan fingerprint density at radius 3 is 2.65 bits per heavy atom. The monoisotopic (exact) mass is 331 g/mol. The second kappa shape index (κ2) is 6.79. The van der Waals surface area contributed by atoms with E-state index in [4.69, 9.17) is 11.6 Å². The number of imidazole rings is 1. The molecular formula is C17H15ClFN3O. The number of ketones is 1. The zero-order valence-corrected chi connectivity index (χ0v) is 13.1. The summed E-state index contributed by atoms with van der Waals surface area (Å²) >= 11 is 5.72. The Labute approximate surface area is 137 Å². The van der Waals surface area contributed by atoms with Gasteiger partial charge in [-0.05, 0) is 36.4 Å². The van der Waals surface area contributed by atoms with E-state index < -0.39 is 0 Å². The summed E-state index contributed by atoms with van der Waals surface area (Å²) in [5, 5.41) is 3.13. The van der Waals surface area contributed by atoms with Crippen molar-refractivity contribution in [2.45, 2.75) is 6.54 Å². The lowest BCUT2D eigenvalue weighted by Crippen LogP contribution is -2.15. The van der Waals surface area contributed by atoms with Crippen LogP contribution >= 0.6 is 11.6 Å². The number of nitrogens with one attached hydrogen (secondary N) is 1. The van der Waals surface area contributed by atoms with E-state index in [-0.39, 0.29) is 18.1 Å². The number of carbonyl (C=O) groups is 1. The topological polar surface area (TPSA) is 46.9 Å². The summed E-state index contributed by atoms with van der Waals surface area (Å²) < 4.78 is 14.8.